The largest absolute Gasteiger partial charge is 0.509 e. The molecule has 1 heterocycles. The highest BCUT2D eigenvalue weighted by Crippen LogP contribution is 2.63. The predicted octanol–water partition coefficient (Wildman–Crippen LogP) is -0.0128. The van der Waals surface area contributed by atoms with Gasteiger partial charge >= 0.3 is 0 Å². The van der Waals surface area contributed by atoms with Crippen molar-refractivity contribution in [2.24, 2.45) is 0 Å². The van der Waals surface area contributed by atoms with Gasteiger partial charge in [-0.25, -0.2) is 0 Å². The highest BCUT2D eigenvalue weighted by atomic mass is 16.5. The van der Waals surface area contributed by atoms with Gasteiger partial charge in [0.1, 0.15) is 62.2 Å². The van der Waals surface area contributed by atoms with Crippen molar-refractivity contribution in [3.05, 3.63) is 113 Å². The summed E-state index contributed by atoms with van der Waals surface area (Å²) in [7, 11) is 9.97. The smallest absolute Gasteiger partial charge is 0.145 e. The fourth-order valence-corrected chi connectivity index (χ4v) is 8.30. The van der Waals surface area contributed by atoms with Gasteiger partial charge in [-0.3, -0.25) is 0 Å². The van der Waals surface area contributed by atoms with Crippen molar-refractivity contribution >= 4 is 77.3 Å². The molecule has 0 atom stereocenters. The van der Waals surface area contributed by atoms with E-state index < -0.39 is 5.41 Å². The van der Waals surface area contributed by atoms with E-state index in [2.05, 4.69) is 93.6 Å². The maximum Gasteiger partial charge on any atom is 0.145 e. The van der Waals surface area contributed by atoms with Gasteiger partial charge in [-0.1, -0.05) is 89.2 Å². The molecule has 1 aliphatic carbocycles. The summed E-state index contributed by atoms with van der Waals surface area (Å²) in [4.78, 5) is 0. The molecule has 2 aliphatic rings. The molecule has 6 aromatic carbocycles. The molecule has 0 fully saturated rings. The Morgan fingerprint density at radius 3 is 1.80 bits per heavy atom. The molecule has 44 heavy (non-hydrogen) atoms. The van der Waals surface area contributed by atoms with Gasteiger partial charge in [0.15, 0.2) is 0 Å². The lowest BCUT2D eigenvalue weighted by molar-refractivity contribution is 0.438. The molecule has 0 saturated carbocycles. The Hall–Kier alpha value is -4.70. The predicted molar refractivity (Wildman–Crippen MR) is 196 cm³/mol. The summed E-state index contributed by atoms with van der Waals surface area (Å²) in [5.41, 5.74) is 14.1. The van der Waals surface area contributed by atoms with Gasteiger partial charge < -0.3 is 14.9 Å². The zero-order chi connectivity index (χ0) is 30.7. The van der Waals surface area contributed by atoms with E-state index in [9.17, 15) is 10.2 Å². The topological polar surface area (TPSA) is 49.7 Å². The van der Waals surface area contributed by atoms with Crippen molar-refractivity contribution in [3.63, 3.8) is 0 Å². The van der Waals surface area contributed by atoms with Crippen LogP contribution in [0.2, 0.25) is 0 Å². The van der Waals surface area contributed by atoms with Crippen molar-refractivity contribution < 1.29 is 14.9 Å². The molecule has 1 aliphatic heterocycles. The van der Waals surface area contributed by atoms with E-state index in [0.717, 1.165) is 66.6 Å². The number of hydrogen-bond donors (Lipinski definition) is 2. The minimum Gasteiger partial charge on any atom is -0.509 e. The molecule has 6 aromatic rings. The van der Waals surface area contributed by atoms with Crippen LogP contribution in [0.25, 0.3) is 33.0 Å². The molecule has 3 nitrogen and oxygen atoms in total. The van der Waals surface area contributed by atoms with Crippen molar-refractivity contribution in [2.75, 3.05) is 0 Å². The molecule has 2 N–H and O–H groups in total. The van der Waals surface area contributed by atoms with Gasteiger partial charge in [0, 0.05) is 22.1 Å². The first-order chi connectivity index (χ1) is 21.2. The van der Waals surface area contributed by atoms with Crippen LogP contribution < -0.4 is 32.1 Å². The first kappa shape index (κ1) is 26.9. The van der Waals surface area contributed by atoms with Crippen molar-refractivity contribution in [1.82, 2.24) is 0 Å². The average Bonchev–Trinajstić information content (AvgIpc) is 3.32. The maximum atomic E-state index is 11.8. The molecule has 0 aromatic heterocycles. The highest BCUT2D eigenvalue weighted by molar-refractivity contribution is 6.63. The number of ether oxygens (including phenoxy) is 1. The van der Waals surface area contributed by atoms with Crippen molar-refractivity contribution in [2.45, 2.75) is 12.3 Å². The van der Waals surface area contributed by atoms with E-state index >= 15 is 0 Å². The zero-order valence-electron chi connectivity index (χ0n) is 25.9. The number of phenols is 2. The Morgan fingerprint density at radius 1 is 0.545 bits per heavy atom. The van der Waals surface area contributed by atoms with Crippen LogP contribution in [-0.4, -0.2) is 49.4 Å². The first-order valence-electron chi connectivity index (χ1n) is 15.2. The molecular formula is C36H29B5O3. The highest BCUT2D eigenvalue weighted by Gasteiger charge is 2.51. The van der Waals surface area contributed by atoms with E-state index in [1.807, 2.05) is 37.5 Å². The SMILES string of the molecule is Bc1c(O)c(B)c2c(O)c(B)c(-c3cc(C)cc4c3Oc3ccccc3C43c4ccccc4-c4ccccc43)c(B)c2c1B. The summed E-state index contributed by atoms with van der Waals surface area (Å²) >= 11 is 0. The Bertz CT molecular complexity index is 2210. The zero-order valence-corrected chi connectivity index (χ0v) is 25.9. The Labute approximate surface area is 262 Å². The van der Waals surface area contributed by atoms with Crippen molar-refractivity contribution in [1.29, 1.82) is 0 Å². The average molecular weight is 564 g/mol. The van der Waals surface area contributed by atoms with Crippen LogP contribution in [0, 0.1) is 6.92 Å². The first-order valence-corrected chi connectivity index (χ1v) is 15.2. The molecule has 8 rings (SSSR count). The van der Waals surface area contributed by atoms with E-state index in [1.165, 1.54) is 22.3 Å². The lowest BCUT2D eigenvalue weighted by atomic mass is 9.63. The molecule has 0 amide bonds. The fourth-order valence-electron chi connectivity index (χ4n) is 8.30. The molecule has 0 saturated heterocycles. The second-order valence-electron chi connectivity index (χ2n) is 12.6. The second kappa shape index (κ2) is 9.16. The van der Waals surface area contributed by atoms with E-state index in [-0.39, 0.29) is 11.5 Å². The fraction of sp³-hybridized carbons (Fsp3) is 0.0556. The molecule has 8 heteroatoms. The van der Waals surface area contributed by atoms with Gasteiger partial charge in [-0.2, -0.15) is 0 Å². The number of hydrogen-bond acceptors (Lipinski definition) is 3. The summed E-state index contributed by atoms with van der Waals surface area (Å²) in [6, 6.07) is 30.4. The number of benzene rings is 6. The molecule has 1 spiro atoms. The van der Waals surface area contributed by atoms with E-state index in [1.54, 1.807) is 0 Å². The molecule has 0 radical (unpaired) electrons. The quantitative estimate of drug-likeness (QED) is 0.277. The standard InChI is InChI=1S/C36H29B5O3/c1-16-14-19(25-28(37)26-27(33(42)30(25)39)31(40)34(43)32(41)29(26)38)35-23(15-16)36(22-12-6-7-13-24(22)44-35)20-10-4-2-8-17(20)18-9-3-5-11-21(18)36/h2-15,42-43H,37-41H2,1H3. The van der Waals surface area contributed by atoms with Crippen LogP contribution in [0.1, 0.15) is 27.8 Å². The van der Waals surface area contributed by atoms with Gasteiger partial charge in [-0.15, -0.1) is 0 Å². The number of aryl methyl sites for hydroxylation is 1. The number of phenolic OH excluding ortho intramolecular Hbond substituents is 2. The van der Waals surface area contributed by atoms with Gasteiger partial charge in [0.25, 0.3) is 0 Å². The summed E-state index contributed by atoms with van der Waals surface area (Å²) in [5, 5.41) is 24.4. The number of rotatable bonds is 1. The summed E-state index contributed by atoms with van der Waals surface area (Å²) < 4.78 is 6.97. The number of aromatic hydroxyl groups is 2. The minimum absolute atomic E-state index is 0.203. The summed E-state index contributed by atoms with van der Waals surface area (Å²) in [5.74, 6) is 2.10. The van der Waals surface area contributed by atoms with Crippen LogP contribution in [0.5, 0.6) is 23.0 Å². The third-order valence-electron chi connectivity index (χ3n) is 10.4. The van der Waals surface area contributed by atoms with Crippen LogP contribution in [0.3, 0.4) is 0 Å². The normalized spacial score (nSPS) is 13.7. The van der Waals surface area contributed by atoms with E-state index in [0.29, 0.717) is 10.8 Å². The molecular weight excluding hydrogens is 534 g/mol. The Kier molecular flexibility index (Phi) is 5.60. The monoisotopic (exact) mass is 564 g/mol. The third-order valence-corrected chi connectivity index (χ3v) is 10.4. The van der Waals surface area contributed by atoms with Gasteiger partial charge in [0.05, 0.1) is 5.41 Å². The summed E-state index contributed by atoms with van der Waals surface area (Å²) in [6.45, 7) is 2.15. The molecule has 0 unspecified atom stereocenters. The van der Waals surface area contributed by atoms with Crippen LogP contribution in [-0.2, 0) is 5.41 Å². The van der Waals surface area contributed by atoms with Crippen LogP contribution in [0.15, 0.2) is 84.9 Å². The maximum absolute atomic E-state index is 11.8. The van der Waals surface area contributed by atoms with Crippen molar-refractivity contribution in [3.8, 4) is 45.3 Å². The number of fused-ring (bicyclic) bond motifs is 10. The van der Waals surface area contributed by atoms with Crippen LogP contribution in [0.4, 0.5) is 0 Å². The van der Waals surface area contributed by atoms with Gasteiger partial charge in [0.2, 0.25) is 0 Å². The van der Waals surface area contributed by atoms with E-state index in [4.69, 9.17) is 4.74 Å². The summed E-state index contributed by atoms with van der Waals surface area (Å²) in [6.07, 6.45) is 0. The molecule has 206 valence electrons. The second-order valence-corrected chi connectivity index (χ2v) is 12.6. The number of para-hydroxylation sites is 1. The lowest BCUT2D eigenvalue weighted by Gasteiger charge is -2.40. The van der Waals surface area contributed by atoms with Gasteiger partial charge in [-0.05, 0) is 68.7 Å². The lowest BCUT2D eigenvalue weighted by Crippen LogP contribution is -2.37. The molecule has 0 bridgehead atoms. The Balaban J connectivity index is 1.55. The minimum atomic E-state index is -0.562. The Morgan fingerprint density at radius 2 is 1.14 bits per heavy atom. The third kappa shape index (κ3) is 3.18. The van der Waals surface area contributed by atoms with Crippen LogP contribution >= 0.6 is 0 Å².